The molecule has 106 valence electrons. The normalized spacial score (nSPS) is 16.0. The molecule has 0 unspecified atom stereocenters. The fraction of sp³-hybridized carbons (Fsp3) is 0.500. The maximum absolute atomic E-state index is 13.5. The van der Waals surface area contributed by atoms with Crippen molar-refractivity contribution in [3.63, 3.8) is 0 Å². The molecule has 0 saturated carbocycles. The van der Waals surface area contributed by atoms with Crippen molar-refractivity contribution in [2.24, 2.45) is 0 Å². The van der Waals surface area contributed by atoms with E-state index in [4.69, 9.17) is 0 Å². The highest BCUT2D eigenvalue weighted by atomic mass is 35.5. The van der Waals surface area contributed by atoms with Crippen LogP contribution in [0.2, 0.25) is 0 Å². The summed E-state index contributed by atoms with van der Waals surface area (Å²) < 4.78 is 13.5. The SMILES string of the molecule is CNC1CCN(C(=O)Cc2ccccc2F)CC1.Cl. The molecule has 0 bridgehead atoms. The van der Waals surface area contributed by atoms with E-state index in [2.05, 4.69) is 5.32 Å². The summed E-state index contributed by atoms with van der Waals surface area (Å²) >= 11 is 0. The van der Waals surface area contributed by atoms with Gasteiger partial charge in [-0.3, -0.25) is 4.79 Å². The first-order chi connectivity index (χ1) is 8.70. The molecule has 1 aromatic carbocycles. The number of hydrogen-bond donors (Lipinski definition) is 1. The predicted molar refractivity (Wildman–Crippen MR) is 76.0 cm³/mol. The van der Waals surface area contributed by atoms with Crippen molar-refractivity contribution < 1.29 is 9.18 Å². The van der Waals surface area contributed by atoms with Crippen molar-refractivity contribution in [1.82, 2.24) is 10.2 Å². The smallest absolute Gasteiger partial charge is 0.227 e. The van der Waals surface area contributed by atoms with Crippen LogP contribution in [0.5, 0.6) is 0 Å². The monoisotopic (exact) mass is 286 g/mol. The Bertz CT molecular complexity index is 420. The van der Waals surface area contributed by atoms with Gasteiger partial charge in [0.2, 0.25) is 5.91 Å². The van der Waals surface area contributed by atoms with Gasteiger partial charge in [-0.25, -0.2) is 4.39 Å². The molecule has 1 aromatic rings. The molecule has 2 rings (SSSR count). The topological polar surface area (TPSA) is 32.3 Å². The molecular formula is C14H20ClFN2O. The number of hydrogen-bond acceptors (Lipinski definition) is 2. The molecule has 1 heterocycles. The van der Waals surface area contributed by atoms with Gasteiger partial charge in [-0.1, -0.05) is 18.2 Å². The highest BCUT2D eigenvalue weighted by molar-refractivity contribution is 5.85. The summed E-state index contributed by atoms with van der Waals surface area (Å²) in [7, 11) is 1.95. The van der Waals surface area contributed by atoms with Crippen LogP contribution in [0.25, 0.3) is 0 Å². The third kappa shape index (κ3) is 4.18. The quantitative estimate of drug-likeness (QED) is 0.922. The van der Waals surface area contributed by atoms with Crippen molar-refractivity contribution in [3.8, 4) is 0 Å². The lowest BCUT2D eigenvalue weighted by Gasteiger charge is -2.31. The van der Waals surface area contributed by atoms with E-state index >= 15 is 0 Å². The second kappa shape index (κ2) is 7.46. The van der Waals surface area contributed by atoms with Crippen LogP contribution in [0.4, 0.5) is 4.39 Å². The van der Waals surface area contributed by atoms with Crippen molar-refractivity contribution in [2.75, 3.05) is 20.1 Å². The Balaban J connectivity index is 0.00000180. The molecule has 1 aliphatic rings. The first-order valence-corrected chi connectivity index (χ1v) is 6.39. The van der Waals surface area contributed by atoms with E-state index in [0.717, 1.165) is 25.9 Å². The summed E-state index contributed by atoms with van der Waals surface area (Å²) in [4.78, 5) is 13.9. The maximum Gasteiger partial charge on any atom is 0.227 e. The fourth-order valence-corrected chi connectivity index (χ4v) is 2.33. The summed E-state index contributed by atoms with van der Waals surface area (Å²) in [6.45, 7) is 1.53. The first kappa shape index (κ1) is 15.9. The lowest BCUT2D eigenvalue weighted by atomic mass is 10.0. The highest BCUT2D eigenvalue weighted by Gasteiger charge is 2.22. The molecule has 0 aliphatic carbocycles. The van der Waals surface area contributed by atoms with E-state index < -0.39 is 0 Å². The molecule has 1 N–H and O–H groups in total. The van der Waals surface area contributed by atoms with Gasteiger partial charge in [-0.2, -0.15) is 0 Å². The van der Waals surface area contributed by atoms with Crippen molar-refractivity contribution in [2.45, 2.75) is 25.3 Å². The van der Waals surface area contributed by atoms with Crippen molar-refractivity contribution >= 4 is 18.3 Å². The Labute approximate surface area is 119 Å². The summed E-state index contributed by atoms with van der Waals surface area (Å²) in [5, 5.41) is 3.22. The number of amides is 1. The number of halogens is 2. The van der Waals surface area contributed by atoms with Crippen LogP contribution in [0, 0.1) is 5.82 Å². The Hall–Kier alpha value is -1.13. The van der Waals surface area contributed by atoms with Gasteiger partial charge >= 0.3 is 0 Å². The van der Waals surface area contributed by atoms with Gasteiger partial charge < -0.3 is 10.2 Å². The lowest BCUT2D eigenvalue weighted by molar-refractivity contribution is -0.131. The largest absolute Gasteiger partial charge is 0.342 e. The standard InChI is InChI=1S/C14H19FN2O.ClH/c1-16-12-6-8-17(9-7-12)14(18)10-11-4-2-3-5-13(11)15;/h2-5,12,16H,6-10H2,1H3;1H. The molecule has 0 aromatic heterocycles. The van der Waals surface area contributed by atoms with Crippen molar-refractivity contribution in [3.05, 3.63) is 35.6 Å². The molecule has 1 amide bonds. The molecule has 19 heavy (non-hydrogen) atoms. The minimum absolute atomic E-state index is 0. The highest BCUT2D eigenvalue weighted by Crippen LogP contribution is 2.13. The number of likely N-dealkylation sites (tertiary alicyclic amines) is 1. The van der Waals surface area contributed by atoms with Gasteiger partial charge in [0, 0.05) is 19.1 Å². The van der Waals surface area contributed by atoms with Crippen LogP contribution >= 0.6 is 12.4 Å². The predicted octanol–water partition coefficient (Wildman–Crippen LogP) is 2.00. The molecule has 1 fully saturated rings. The van der Waals surface area contributed by atoms with Crippen molar-refractivity contribution in [1.29, 1.82) is 0 Å². The zero-order valence-electron chi connectivity index (χ0n) is 11.1. The zero-order chi connectivity index (χ0) is 13.0. The Morgan fingerprint density at radius 3 is 2.58 bits per heavy atom. The van der Waals surface area contributed by atoms with E-state index in [0.29, 0.717) is 11.6 Å². The molecule has 1 saturated heterocycles. The van der Waals surface area contributed by atoms with Crippen LogP contribution in [-0.4, -0.2) is 37.0 Å². The summed E-state index contributed by atoms with van der Waals surface area (Å²) in [5.74, 6) is -0.273. The van der Waals surface area contributed by atoms with Crippen LogP contribution in [-0.2, 0) is 11.2 Å². The third-order valence-corrected chi connectivity index (χ3v) is 3.56. The van der Waals surface area contributed by atoms with E-state index in [9.17, 15) is 9.18 Å². The van der Waals surface area contributed by atoms with Gasteiger partial charge in [-0.05, 0) is 31.5 Å². The Kier molecular flexibility index (Phi) is 6.25. The molecule has 1 aliphatic heterocycles. The third-order valence-electron chi connectivity index (χ3n) is 3.56. The van der Waals surface area contributed by atoms with E-state index in [1.54, 1.807) is 18.2 Å². The van der Waals surface area contributed by atoms with Crippen LogP contribution in [0.1, 0.15) is 18.4 Å². The lowest BCUT2D eigenvalue weighted by Crippen LogP contribution is -2.44. The molecule has 3 nitrogen and oxygen atoms in total. The van der Waals surface area contributed by atoms with E-state index in [1.807, 2.05) is 11.9 Å². The number of carbonyl (C=O) groups is 1. The fourth-order valence-electron chi connectivity index (χ4n) is 2.33. The summed E-state index contributed by atoms with van der Waals surface area (Å²) in [6.07, 6.45) is 2.11. The van der Waals surface area contributed by atoms with Gasteiger partial charge in [0.1, 0.15) is 5.82 Å². The minimum Gasteiger partial charge on any atom is -0.342 e. The molecule has 0 atom stereocenters. The number of benzene rings is 1. The van der Waals surface area contributed by atoms with Crippen LogP contribution in [0.15, 0.2) is 24.3 Å². The van der Waals surface area contributed by atoms with E-state index in [-0.39, 0.29) is 30.6 Å². The summed E-state index contributed by atoms with van der Waals surface area (Å²) in [6, 6.07) is 6.98. The average Bonchev–Trinajstić information content (AvgIpc) is 2.41. The van der Waals surface area contributed by atoms with Gasteiger partial charge in [-0.15, -0.1) is 12.4 Å². The first-order valence-electron chi connectivity index (χ1n) is 6.39. The van der Waals surface area contributed by atoms with Gasteiger partial charge in [0.15, 0.2) is 0 Å². The molecular weight excluding hydrogens is 267 g/mol. The van der Waals surface area contributed by atoms with Crippen LogP contribution in [0.3, 0.4) is 0 Å². The number of nitrogens with one attached hydrogen (secondary N) is 1. The average molecular weight is 287 g/mol. The van der Waals surface area contributed by atoms with E-state index in [1.165, 1.54) is 6.07 Å². The maximum atomic E-state index is 13.5. The number of nitrogens with zero attached hydrogens (tertiary/aromatic N) is 1. The Morgan fingerprint density at radius 1 is 1.37 bits per heavy atom. The summed E-state index contributed by atoms with van der Waals surface area (Å²) in [5.41, 5.74) is 0.484. The molecule has 0 radical (unpaired) electrons. The minimum atomic E-state index is -0.295. The van der Waals surface area contributed by atoms with Crippen LogP contribution < -0.4 is 5.32 Å². The second-order valence-electron chi connectivity index (χ2n) is 4.71. The number of rotatable bonds is 3. The zero-order valence-corrected chi connectivity index (χ0v) is 11.9. The molecule has 5 heteroatoms. The second-order valence-corrected chi connectivity index (χ2v) is 4.71. The molecule has 0 spiro atoms. The van der Waals surface area contributed by atoms with Gasteiger partial charge in [0.05, 0.1) is 6.42 Å². The number of piperidine rings is 1. The number of carbonyl (C=O) groups excluding carboxylic acids is 1. The van der Waals surface area contributed by atoms with Gasteiger partial charge in [0.25, 0.3) is 0 Å². The Morgan fingerprint density at radius 2 is 2.00 bits per heavy atom.